The molecule has 1 aromatic carbocycles. The van der Waals surface area contributed by atoms with E-state index in [0.29, 0.717) is 29.9 Å². The Morgan fingerprint density at radius 3 is 2.86 bits per heavy atom. The second-order valence-electron chi connectivity index (χ2n) is 6.98. The van der Waals surface area contributed by atoms with Gasteiger partial charge in [-0.2, -0.15) is 11.8 Å². The number of esters is 1. The summed E-state index contributed by atoms with van der Waals surface area (Å²) < 4.78 is 12.0. The van der Waals surface area contributed by atoms with Gasteiger partial charge < -0.3 is 14.8 Å². The fraction of sp³-hybridized carbons (Fsp3) is 0.455. The molecule has 2 aliphatic rings. The first-order valence-electron chi connectivity index (χ1n) is 9.80. The molecule has 3 rings (SSSR count). The topological polar surface area (TPSA) is 64.6 Å². The first kappa shape index (κ1) is 22.0. The molecule has 29 heavy (non-hydrogen) atoms. The first-order valence-corrected chi connectivity index (χ1v) is 11.7. The van der Waals surface area contributed by atoms with Crippen LogP contribution in [0, 0.1) is 0 Å². The van der Waals surface area contributed by atoms with E-state index in [2.05, 4.69) is 28.2 Å². The third kappa shape index (κ3) is 4.72. The number of benzene rings is 1. The number of methoxy groups -OCH3 is 1. The van der Waals surface area contributed by atoms with Crippen molar-refractivity contribution in [2.45, 2.75) is 39.0 Å². The van der Waals surface area contributed by atoms with Crippen molar-refractivity contribution in [2.24, 2.45) is 0 Å². The quantitative estimate of drug-likeness (QED) is 0.450. The summed E-state index contributed by atoms with van der Waals surface area (Å²) in [5, 5.41) is 3.31. The lowest BCUT2D eigenvalue weighted by atomic mass is 9.75. The summed E-state index contributed by atoms with van der Waals surface area (Å²) in [6, 6.07) is 5.66. The number of dihydropyridines is 1. The van der Waals surface area contributed by atoms with Crippen LogP contribution in [0.25, 0.3) is 0 Å². The van der Waals surface area contributed by atoms with E-state index >= 15 is 0 Å². The van der Waals surface area contributed by atoms with E-state index in [1.165, 1.54) is 0 Å². The van der Waals surface area contributed by atoms with Crippen molar-refractivity contribution in [3.05, 3.63) is 50.8 Å². The molecule has 0 saturated carbocycles. The number of hydrogen-bond acceptors (Lipinski definition) is 6. The molecule has 1 aliphatic heterocycles. The van der Waals surface area contributed by atoms with E-state index in [-0.39, 0.29) is 11.8 Å². The second-order valence-corrected chi connectivity index (χ2v) is 9.29. The zero-order valence-electron chi connectivity index (χ0n) is 17.0. The monoisotopic (exact) mass is 479 g/mol. The van der Waals surface area contributed by atoms with Crippen LogP contribution in [-0.4, -0.2) is 37.0 Å². The Hall–Kier alpha value is -1.73. The molecule has 0 spiro atoms. The number of ketones is 1. The zero-order chi connectivity index (χ0) is 21.0. The molecule has 0 aromatic heterocycles. The van der Waals surface area contributed by atoms with Crippen LogP contribution in [0.4, 0.5) is 0 Å². The molecule has 1 N–H and O–H groups in total. The van der Waals surface area contributed by atoms with Crippen LogP contribution in [0.5, 0.6) is 5.75 Å². The molecular weight excluding hydrogens is 454 g/mol. The molecule has 0 fully saturated rings. The maximum absolute atomic E-state index is 13.1. The van der Waals surface area contributed by atoms with Crippen LogP contribution in [0.15, 0.2) is 45.2 Å². The van der Waals surface area contributed by atoms with Crippen molar-refractivity contribution < 1.29 is 19.1 Å². The lowest BCUT2D eigenvalue weighted by Crippen LogP contribution is -2.34. The van der Waals surface area contributed by atoms with Gasteiger partial charge >= 0.3 is 5.97 Å². The van der Waals surface area contributed by atoms with E-state index in [1.54, 1.807) is 18.9 Å². The maximum Gasteiger partial charge on any atom is 0.336 e. The van der Waals surface area contributed by atoms with Crippen molar-refractivity contribution in [3.63, 3.8) is 0 Å². The number of halogens is 1. The molecule has 0 radical (unpaired) electrons. The highest BCUT2D eigenvalue weighted by atomic mass is 79.9. The predicted octanol–water partition coefficient (Wildman–Crippen LogP) is 4.72. The number of carbonyl (C=O) groups excluding carboxylic acids is 2. The van der Waals surface area contributed by atoms with Crippen LogP contribution in [0.1, 0.15) is 44.6 Å². The summed E-state index contributed by atoms with van der Waals surface area (Å²) in [5.41, 5.74) is 3.58. The Morgan fingerprint density at radius 1 is 1.34 bits per heavy atom. The first-order chi connectivity index (χ1) is 14.0. The minimum Gasteiger partial charge on any atom is -0.496 e. The van der Waals surface area contributed by atoms with Crippen LogP contribution in [0.2, 0.25) is 0 Å². The van der Waals surface area contributed by atoms with Gasteiger partial charge in [0, 0.05) is 39.2 Å². The molecule has 0 amide bonds. The van der Waals surface area contributed by atoms with E-state index < -0.39 is 5.92 Å². The molecule has 1 atom stereocenters. The number of rotatable bonds is 7. The highest BCUT2D eigenvalue weighted by molar-refractivity contribution is 9.10. The van der Waals surface area contributed by atoms with Crippen molar-refractivity contribution in [1.82, 2.24) is 5.32 Å². The van der Waals surface area contributed by atoms with E-state index in [1.807, 2.05) is 25.1 Å². The molecule has 5 nitrogen and oxygen atoms in total. The van der Waals surface area contributed by atoms with Crippen molar-refractivity contribution in [1.29, 1.82) is 0 Å². The van der Waals surface area contributed by atoms with Crippen LogP contribution < -0.4 is 10.1 Å². The van der Waals surface area contributed by atoms with E-state index in [9.17, 15) is 9.59 Å². The van der Waals surface area contributed by atoms with Crippen molar-refractivity contribution >= 4 is 39.4 Å². The minimum absolute atomic E-state index is 0.0742. The Bertz CT molecular complexity index is 878. The fourth-order valence-electron chi connectivity index (χ4n) is 3.91. The normalized spacial score (nSPS) is 19.0. The maximum atomic E-state index is 13.1. The van der Waals surface area contributed by atoms with Gasteiger partial charge in [-0.1, -0.05) is 22.9 Å². The summed E-state index contributed by atoms with van der Waals surface area (Å²) in [6.07, 6.45) is 2.09. The molecule has 0 bridgehead atoms. The SMILES string of the molecule is CCSCCOC(=O)C1=C(C)NC2=C(C(=O)CCC2)[C@H]1c1cc(Br)ccc1OC. The van der Waals surface area contributed by atoms with Crippen LogP contribution in [-0.2, 0) is 14.3 Å². The molecule has 0 saturated heterocycles. The third-order valence-electron chi connectivity index (χ3n) is 5.16. The number of ether oxygens (including phenoxy) is 2. The van der Waals surface area contributed by atoms with Gasteiger partial charge in [0.05, 0.1) is 18.6 Å². The van der Waals surface area contributed by atoms with Gasteiger partial charge in [-0.05, 0) is 43.7 Å². The number of Topliss-reactive ketones (excluding diaryl/α,β-unsaturated/α-hetero) is 1. The number of allylic oxidation sites excluding steroid dienone is 3. The van der Waals surface area contributed by atoms with Gasteiger partial charge in [0.15, 0.2) is 5.78 Å². The highest BCUT2D eigenvalue weighted by Crippen LogP contribution is 2.45. The van der Waals surface area contributed by atoms with Crippen LogP contribution in [0.3, 0.4) is 0 Å². The number of carbonyl (C=O) groups is 2. The van der Waals surface area contributed by atoms with Gasteiger partial charge in [0.1, 0.15) is 12.4 Å². The number of thioether (sulfide) groups is 1. The fourth-order valence-corrected chi connectivity index (χ4v) is 4.78. The molecule has 1 heterocycles. The predicted molar refractivity (Wildman–Crippen MR) is 119 cm³/mol. The smallest absolute Gasteiger partial charge is 0.336 e. The summed E-state index contributed by atoms with van der Waals surface area (Å²) in [7, 11) is 1.60. The average Bonchev–Trinajstić information content (AvgIpc) is 2.70. The standard InChI is InChI=1S/C22H26BrNO4S/c1-4-29-11-10-28-22(26)19-13(2)24-16-6-5-7-17(25)21(16)20(19)15-12-14(23)8-9-18(15)27-3/h8-9,12,20,24H,4-7,10-11H2,1-3H3/t20-/m0/s1. The van der Waals surface area contributed by atoms with Gasteiger partial charge in [-0.25, -0.2) is 4.79 Å². The lowest BCUT2D eigenvalue weighted by Gasteiger charge is -2.34. The second kappa shape index (κ2) is 9.85. The van der Waals surface area contributed by atoms with Crippen molar-refractivity contribution in [3.8, 4) is 5.75 Å². The minimum atomic E-state index is -0.502. The largest absolute Gasteiger partial charge is 0.496 e. The highest BCUT2D eigenvalue weighted by Gasteiger charge is 2.40. The number of hydrogen-bond donors (Lipinski definition) is 1. The van der Waals surface area contributed by atoms with Crippen molar-refractivity contribution in [2.75, 3.05) is 25.2 Å². The molecule has 156 valence electrons. The molecule has 7 heteroatoms. The number of nitrogens with one attached hydrogen (secondary N) is 1. The Morgan fingerprint density at radius 2 is 2.14 bits per heavy atom. The van der Waals surface area contributed by atoms with E-state index in [0.717, 1.165) is 45.8 Å². The Balaban J connectivity index is 2.07. The van der Waals surface area contributed by atoms with Gasteiger partial charge in [0.2, 0.25) is 0 Å². The average molecular weight is 480 g/mol. The van der Waals surface area contributed by atoms with E-state index in [4.69, 9.17) is 9.47 Å². The Kier molecular flexibility index (Phi) is 7.46. The summed E-state index contributed by atoms with van der Waals surface area (Å²) in [6.45, 7) is 4.29. The summed E-state index contributed by atoms with van der Waals surface area (Å²) in [4.78, 5) is 26.0. The van der Waals surface area contributed by atoms with Gasteiger partial charge in [0.25, 0.3) is 0 Å². The summed E-state index contributed by atoms with van der Waals surface area (Å²) >= 11 is 5.24. The van der Waals surface area contributed by atoms with Crippen LogP contribution >= 0.6 is 27.7 Å². The zero-order valence-corrected chi connectivity index (χ0v) is 19.4. The third-order valence-corrected chi connectivity index (χ3v) is 6.52. The molecule has 1 aromatic rings. The molecule has 0 unspecified atom stereocenters. The van der Waals surface area contributed by atoms with Gasteiger partial charge in [-0.15, -0.1) is 0 Å². The summed E-state index contributed by atoms with van der Waals surface area (Å²) in [5.74, 6) is 1.56. The van der Waals surface area contributed by atoms with Gasteiger partial charge in [-0.3, -0.25) is 4.79 Å². The Labute approximate surface area is 184 Å². The lowest BCUT2D eigenvalue weighted by molar-refractivity contribution is -0.138. The molecule has 1 aliphatic carbocycles. The molecular formula is C22H26BrNO4S.